The van der Waals surface area contributed by atoms with Crippen LogP contribution < -0.4 is 10.5 Å². The van der Waals surface area contributed by atoms with E-state index in [1.165, 1.54) is 0 Å². The number of para-hydroxylation sites is 2. The van der Waals surface area contributed by atoms with E-state index in [0.717, 1.165) is 4.48 Å². The minimum Gasteiger partial charge on any atom is -0.486 e. The van der Waals surface area contributed by atoms with E-state index in [4.69, 9.17) is 10.5 Å². The third-order valence-corrected chi connectivity index (χ3v) is 1.53. The van der Waals surface area contributed by atoms with Gasteiger partial charge in [0, 0.05) is 4.48 Å². The van der Waals surface area contributed by atoms with Crippen LogP contribution in [0.2, 0.25) is 0 Å². The molecule has 3 heteroatoms. The zero-order chi connectivity index (χ0) is 8.97. The topological polar surface area (TPSA) is 35.2 Å². The predicted octanol–water partition coefficient (Wildman–Crippen LogP) is 2.56. The molecule has 0 heterocycles. The van der Waals surface area contributed by atoms with Gasteiger partial charge in [0.1, 0.15) is 12.4 Å². The molecule has 0 fully saturated rings. The molecule has 0 saturated heterocycles. The second kappa shape index (κ2) is 4.16. The van der Waals surface area contributed by atoms with E-state index >= 15 is 0 Å². The lowest BCUT2D eigenvalue weighted by Gasteiger charge is -2.06. The van der Waals surface area contributed by atoms with E-state index in [9.17, 15) is 0 Å². The Bertz CT molecular complexity index is 286. The highest BCUT2D eigenvalue weighted by Gasteiger charge is 1.97. The Balaban J connectivity index is 2.63. The average Bonchev–Trinajstić information content (AvgIpc) is 2.03. The van der Waals surface area contributed by atoms with Crippen molar-refractivity contribution in [1.29, 1.82) is 0 Å². The molecule has 0 aliphatic carbocycles. The molecule has 0 aliphatic heterocycles. The second-order valence-corrected chi connectivity index (χ2v) is 3.47. The molecule has 0 unspecified atom stereocenters. The summed E-state index contributed by atoms with van der Waals surface area (Å²) in [4.78, 5) is 0. The summed E-state index contributed by atoms with van der Waals surface area (Å²) in [6, 6.07) is 7.37. The van der Waals surface area contributed by atoms with Crippen LogP contribution >= 0.6 is 15.9 Å². The van der Waals surface area contributed by atoms with Gasteiger partial charge in [0.05, 0.1) is 5.69 Å². The third-order valence-electron chi connectivity index (χ3n) is 1.30. The average molecular weight is 228 g/mol. The van der Waals surface area contributed by atoms with Gasteiger partial charge in [-0.15, -0.1) is 0 Å². The lowest BCUT2D eigenvalue weighted by molar-refractivity contribution is 0.363. The van der Waals surface area contributed by atoms with Crippen molar-refractivity contribution >= 4 is 21.6 Å². The van der Waals surface area contributed by atoms with Crippen LogP contribution in [0.3, 0.4) is 0 Å². The zero-order valence-corrected chi connectivity index (χ0v) is 8.17. The summed E-state index contributed by atoms with van der Waals surface area (Å²) in [6.07, 6.45) is 0. The summed E-state index contributed by atoms with van der Waals surface area (Å²) in [5, 5.41) is 0. The molecule has 0 aromatic heterocycles. The highest BCUT2D eigenvalue weighted by atomic mass is 79.9. The summed E-state index contributed by atoms with van der Waals surface area (Å²) in [5.74, 6) is 0.693. The quantitative estimate of drug-likeness (QED) is 0.807. The standard InChI is InChI=1S/C9H10BrNO/c1-7(10)6-12-9-5-3-2-4-8(9)11/h2-5H,1,6,11H2. The Morgan fingerprint density at radius 1 is 1.50 bits per heavy atom. The van der Waals surface area contributed by atoms with Gasteiger partial charge in [0.2, 0.25) is 0 Å². The lowest BCUT2D eigenvalue weighted by atomic mass is 10.3. The van der Waals surface area contributed by atoms with Gasteiger partial charge in [-0.2, -0.15) is 0 Å². The number of benzene rings is 1. The first kappa shape index (κ1) is 9.13. The maximum absolute atomic E-state index is 5.64. The SMILES string of the molecule is C=C(Br)COc1ccccc1N. The maximum Gasteiger partial charge on any atom is 0.142 e. The van der Waals surface area contributed by atoms with Crippen LogP contribution in [0.4, 0.5) is 5.69 Å². The number of hydrogen-bond donors (Lipinski definition) is 1. The largest absolute Gasteiger partial charge is 0.486 e. The Morgan fingerprint density at radius 3 is 2.75 bits per heavy atom. The highest BCUT2D eigenvalue weighted by molar-refractivity contribution is 9.11. The molecular formula is C9H10BrNO. The molecule has 0 saturated carbocycles. The normalized spacial score (nSPS) is 9.42. The number of ether oxygens (including phenoxy) is 1. The van der Waals surface area contributed by atoms with E-state index in [0.29, 0.717) is 18.0 Å². The summed E-state index contributed by atoms with van der Waals surface area (Å²) < 4.78 is 6.12. The smallest absolute Gasteiger partial charge is 0.142 e. The molecule has 0 atom stereocenters. The van der Waals surface area contributed by atoms with Gasteiger partial charge in [-0.1, -0.05) is 34.6 Å². The van der Waals surface area contributed by atoms with Crippen molar-refractivity contribution in [3.8, 4) is 5.75 Å². The van der Waals surface area contributed by atoms with Gasteiger partial charge in [-0.05, 0) is 12.1 Å². The van der Waals surface area contributed by atoms with Crippen LogP contribution in [0.15, 0.2) is 35.3 Å². The molecule has 1 rings (SSSR count). The van der Waals surface area contributed by atoms with Crippen LogP contribution in [0.5, 0.6) is 5.75 Å². The molecule has 0 radical (unpaired) electrons. The molecule has 1 aromatic carbocycles. The van der Waals surface area contributed by atoms with E-state index in [1.54, 1.807) is 6.07 Å². The Labute approximate surface area is 80.2 Å². The van der Waals surface area contributed by atoms with Gasteiger partial charge in [0.25, 0.3) is 0 Å². The van der Waals surface area contributed by atoms with Crippen LogP contribution in [0.25, 0.3) is 0 Å². The van der Waals surface area contributed by atoms with E-state index in [1.807, 2.05) is 18.2 Å². The number of nitrogen functional groups attached to an aromatic ring is 1. The molecule has 0 bridgehead atoms. The Kier molecular flexibility index (Phi) is 3.17. The summed E-state index contributed by atoms with van der Waals surface area (Å²) in [5.41, 5.74) is 6.28. The van der Waals surface area contributed by atoms with Gasteiger partial charge in [-0.25, -0.2) is 0 Å². The molecule has 2 nitrogen and oxygen atoms in total. The first-order chi connectivity index (χ1) is 5.70. The number of rotatable bonds is 3. The first-order valence-electron chi connectivity index (χ1n) is 3.50. The lowest BCUT2D eigenvalue weighted by Crippen LogP contribution is -1.98. The fraction of sp³-hybridized carbons (Fsp3) is 0.111. The van der Waals surface area contributed by atoms with Crippen molar-refractivity contribution < 1.29 is 4.74 Å². The number of hydrogen-bond acceptors (Lipinski definition) is 2. The van der Waals surface area contributed by atoms with Gasteiger partial charge >= 0.3 is 0 Å². The van der Waals surface area contributed by atoms with E-state index in [2.05, 4.69) is 22.5 Å². The van der Waals surface area contributed by atoms with E-state index in [-0.39, 0.29) is 0 Å². The van der Waals surface area contributed by atoms with Crippen LogP contribution in [0.1, 0.15) is 0 Å². The molecule has 64 valence electrons. The van der Waals surface area contributed by atoms with Crippen molar-refractivity contribution in [2.24, 2.45) is 0 Å². The van der Waals surface area contributed by atoms with Crippen LogP contribution in [-0.4, -0.2) is 6.61 Å². The second-order valence-electron chi connectivity index (χ2n) is 2.34. The van der Waals surface area contributed by atoms with Gasteiger partial charge in [-0.3, -0.25) is 0 Å². The molecule has 0 spiro atoms. The van der Waals surface area contributed by atoms with Gasteiger partial charge in [0.15, 0.2) is 0 Å². The minimum absolute atomic E-state index is 0.439. The Morgan fingerprint density at radius 2 is 2.17 bits per heavy atom. The van der Waals surface area contributed by atoms with Crippen molar-refractivity contribution in [2.45, 2.75) is 0 Å². The molecule has 0 amide bonds. The summed E-state index contributed by atoms with van der Waals surface area (Å²) in [7, 11) is 0. The van der Waals surface area contributed by atoms with Crippen molar-refractivity contribution in [3.63, 3.8) is 0 Å². The maximum atomic E-state index is 5.64. The minimum atomic E-state index is 0.439. The van der Waals surface area contributed by atoms with Crippen LogP contribution in [0, 0.1) is 0 Å². The summed E-state index contributed by atoms with van der Waals surface area (Å²) in [6.45, 7) is 4.09. The predicted molar refractivity (Wildman–Crippen MR) is 54.4 cm³/mol. The van der Waals surface area contributed by atoms with Crippen molar-refractivity contribution in [2.75, 3.05) is 12.3 Å². The van der Waals surface area contributed by atoms with E-state index < -0.39 is 0 Å². The fourth-order valence-electron chi connectivity index (χ4n) is 0.768. The highest BCUT2D eigenvalue weighted by Crippen LogP contribution is 2.20. The fourth-order valence-corrected chi connectivity index (χ4v) is 0.882. The molecule has 2 N–H and O–H groups in total. The van der Waals surface area contributed by atoms with Crippen LogP contribution in [-0.2, 0) is 0 Å². The third kappa shape index (κ3) is 2.58. The molecule has 12 heavy (non-hydrogen) atoms. The molecule has 1 aromatic rings. The van der Waals surface area contributed by atoms with Crippen molar-refractivity contribution in [3.05, 3.63) is 35.3 Å². The Hall–Kier alpha value is -0.960. The zero-order valence-electron chi connectivity index (χ0n) is 6.59. The number of anilines is 1. The number of nitrogens with two attached hydrogens (primary N) is 1. The first-order valence-corrected chi connectivity index (χ1v) is 4.30. The molecular weight excluding hydrogens is 218 g/mol. The van der Waals surface area contributed by atoms with Gasteiger partial charge < -0.3 is 10.5 Å². The number of halogens is 1. The van der Waals surface area contributed by atoms with Crippen molar-refractivity contribution in [1.82, 2.24) is 0 Å². The molecule has 0 aliphatic rings. The summed E-state index contributed by atoms with van der Waals surface area (Å²) >= 11 is 3.20. The monoisotopic (exact) mass is 227 g/mol.